The minimum Gasteiger partial charge on any atom is -0.140 e. The summed E-state index contributed by atoms with van der Waals surface area (Å²) in [6.07, 6.45) is 2.42. The molecule has 2 aromatic rings. The molecular weight excluding hydrogens is 188 g/mol. The highest BCUT2D eigenvalue weighted by Crippen LogP contribution is 2.28. The van der Waals surface area contributed by atoms with E-state index in [1.165, 1.54) is 28.2 Å². The summed E-state index contributed by atoms with van der Waals surface area (Å²) < 4.78 is 0. The second kappa shape index (κ2) is 4.43. The first-order valence-electron chi connectivity index (χ1n) is 4.95. The van der Waals surface area contributed by atoms with Crippen molar-refractivity contribution in [2.75, 3.05) is 0 Å². The lowest BCUT2D eigenvalue weighted by Crippen LogP contribution is -1.72. The van der Waals surface area contributed by atoms with E-state index in [1.807, 2.05) is 29.5 Å². The first kappa shape index (κ1) is 9.47. The molecule has 0 aliphatic heterocycles. The van der Waals surface area contributed by atoms with Crippen LogP contribution in [0.2, 0.25) is 0 Å². The Morgan fingerprint density at radius 2 is 2.21 bits per heavy atom. The lowest BCUT2D eigenvalue weighted by Gasteiger charge is -1.94. The Labute approximate surface area is 89.2 Å². The summed E-state index contributed by atoms with van der Waals surface area (Å²) in [4.78, 5) is 2.83. The summed E-state index contributed by atoms with van der Waals surface area (Å²) in [7, 11) is 0. The van der Waals surface area contributed by atoms with Crippen LogP contribution in [-0.4, -0.2) is 0 Å². The van der Waals surface area contributed by atoms with Crippen LogP contribution in [-0.2, 0) is 6.42 Å². The van der Waals surface area contributed by atoms with Gasteiger partial charge in [-0.2, -0.15) is 0 Å². The van der Waals surface area contributed by atoms with Crippen LogP contribution in [0.1, 0.15) is 18.2 Å². The van der Waals surface area contributed by atoms with Crippen LogP contribution >= 0.6 is 11.3 Å². The zero-order valence-electron chi connectivity index (χ0n) is 8.29. The second-order valence-electron chi connectivity index (χ2n) is 3.31. The average Bonchev–Trinajstić information content (AvgIpc) is 2.68. The lowest BCUT2D eigenvalue weighted by molar-refractivity contribution is 0.940. The predicted molar refractivity (Wildman–Crippen MR) is 62.6 cm³/mol. The molecule has 1 aromatic heterocycles. The van der Waals surface area contributed by atoms with Gasteiger partial charge in [0.2, 0.25) is 0 Å². The molecule has 1 aromatic carbocycles. The molecule has 0 aliphatic carbocycles. The van der Waals surface area contributed by atoms with Gasteiger partial charge in [-0.3, -0.25) is 0 Å². The molecule has 0 bridgehead atoms. The minimum atomic E-state index is 1.20. The zero-order chi connectivity index (χ0) is 9.80. The molecule has 2 rings (SSSR count). The third-order valence-corrected chi connectivity index (χ3v) is 3.34. The number of rotatable bonds is 3. The van der Waals surface area contributed by atoms with E-state index in [4.69, 9.17) is 0 Å². The molecule has 0 saturated carbocycles. The molecule has 0 atom stereocenters. The molecule has 1 heterocycles. The van der Waals surface area contributed by atoms with Crippen molar-refractivity contribution >= 4 is 11.3 Å². The van der Waals surface area contributed by atoms with Crippen LogP contribution in [0, 0.1) is 6.07 Å². The normalized spacial score (nSPS) is 10.4. The summed E-state index contributed by atoms with van der Waals surface area (Å²) in [5, 5.41) is 0. The molecule has 0 saturated heterocycles. The highest BCUT2D eigenvalue weighted by Gasteiger charge is 2.00. The van der Waals surface area contributed by atoms with Crippen molar-refractivity contribution in [2.24, 2.45) is 0 Å². The quantitative estimate of drug-likeness (QED) is 0.699. The van der Waals surface area contributed by atoms with E-state index >= 15 is 0 Å². The van der Waals surface area contributed by atoms with Crippen molar-refractivity contribution in [1.29, 1.82) is 0 Å². The summed E-state index contributed by atoms with van der Waals surface area (Å²) in [6.45, 7) is 2.22. The predicted octanol–water partition coefficient (Wildman–Crippen LogP) is 4.17. The highest BCUT2D eigenvalue weighted by atomic mass is 32.1. The largest absolute Gasteiger partial charge is 0.140 e. The first-order valence-corrected chi connectivity index (χ1v) is 5.77. The molecule has 71 valence electrons. The van der Waals surface area contributed by atoms with Gasteiger partial charge in [0.05, 0.1) is 0 Å². The molecule has 0 amide bonds. The van der Waals surface area contributed by atoms with Gasteiger partial charge in [0.25, 0.3) is 0 Å². The molecular formula is C13H13S. The summed E-state index contributed by atoms with van der Waals surface area (Å²) >= 11 is 1.89. The zero-order valence-corrected chi connectivity index (χ0v) is 9.10. The second-order valence-corrected chi connectivity index (χ2v) is 4.48. The van der Waals surface area contributed by atoms with Crippen molar-refractivity contribution in [3.8, 4) is 10.4 Å². The molecule has 0 aliphatic rings. The van der Waals surface area contributed by atoms with E-state index in [1.54, 1.807) is 0 Å². The van der Waals surface area contributed by atoms with E-state index in [0.29, 0.717) is 0 Å². The number of benzene rings is 1. The van der Waals surface area contributed by atoms with Crippen molar-refractivity contribution in [2.45, 2.75) is 19.8 Å². The van der Waals surface area contributed by atoms with Crippen LogP contribution in [0.15, 0.2) is 36.4 Å². The maximum atomic E-state index is 3.11. The Morgan fingerprint density at radius 1 is 1.29 bits per heavy atom. The molecule has 14 heavy (non-hydrogen) atoms. The number of aryl methyl sites for hydroxylation is 1. The van der Waals surface area contributed by atoms with E-state index in [0.717, 1.165) is 0 Å². The van der Waals surface area contributed by atoms with Gasteiger partial charge in [-0.15, -0.1) is 11.3 Å². The van der Waals surface area contributed by atoms with E-state index < -0.39 is 0 Å². The molecule has 0 nitrogen and oxygen atoms in total. The highest BCUT2D eigenvalue weighted by molar-refractivity contribution is 7.15. The molecule has 1 radical (unpaired) electrons. The topological polar surface area (TPSA) is 0 Å². The van der Waals surface area contributed by atoms with Crippen LogP contribution in [0.4, 0.5) is 0 Å². The van der Waals surface area contributed by atoms with Crippen molar-refractivity contribution in [3.63, 3.8) is 0 Å². The number of hydrogen-bond donors (Lipinski definition) is 0. The van der Waals surface area contributed by atoms with Gasteiger partial charge < -0.3 is 0 Å². The smallest absolute Gasteiger partial charge is 0.0345 e. The maximum Gasteiger partial charge on any atom is 0.0345 e. The van der Waals surface area contributed by atoms with Crippen molar-refractivity contribution in [3.05, 3.63) is 47.3 Å². The van der Waals surface area contributed by atoms with Gasteiger partial charge in [-0.25, -0.2) is 0 Å². The fraction of sp³-hybridized carbons (Fsp3) is 0.231. The summed E-state index contributed by atoms with van der Waals surface area (Å²) in [5.41, 5.74) is 1.28. The van der Waals surface area contributed by atoms with Crippen LogP contribution in [0.5, 0.6) is 0 Å². The summed E-state index contributed by atoms with van der Waals surface area (Å²) in [5.74, 6) is 0. The van der Waals surface area contributed by atoms with Gasteiger partial charge in [0, 0.05) is 9.75 Å². The maximum absolute atomic E-state index is 3.11. The van der Waals surface area contributed by atoms with Crippen LogP contribution in [0.3, 0.4) is 0 Å². The van der Waals surface area contributed by atoms with Crippen LogP contribution in [0.25, 0.3) is 10.4 Å². The van der Waals surface area contributed by atoms with Crippen molar-refractivity contribution in [1.82, 2.24) is 0 Å². The standard InChI is InChI=1S/C13H13S/c1-2-6-12-9-10-13(14-12)11-7-4-3-5-8-11/h3-4,7-10H,2,6H2,1H3. The van der Waals surface area contributed by atoms with Gasteiger partial charge in [0.15, 0.2) is 0 Å². The number of thiophene rings is 1. The Bertz CT molecular complexity index is 387. The van der Waals surface area contributed by atoms with Gasteiger partial charge in [-0.1, -0.05) is 31.5 Å². The van der Waals surface area contributed by atoms with Crippen molar-refractivity contribution < 1.29 is 0 Å². The minimum absolute atomic E-state index is 1.20. The first-order chi connectivity index (χ1) is 6.90. The SMILES string of the molecule is CCCc1ccc(-c2c[c]ccc2)s1. The Morgan fingerprint density at radius 3 is 2.93 bits per heavy atom. The third kappa shape index (κ3) is 2.05. The molecule has 0 spiro atoms. The number of hydrogen-bond acceptors (Lipinski definition) is 1. The molecule has 1 heteroatoms. The van der Waals surface area contributed by atoms with Gasteiger partial charge in [0.1, 0.15) is 0 Å². The Balaban J connectivity index is 2.25. The Kier molecular flexibility index (Phi) is 3.00. The molecule has 0 N–H and O–H groups in total. The van der Waals surface area contributed by atoms with Gasteiger partial charge >= 0.3 is 0 Å². The monoisotopic (exact) mass is 201 g/mol. The van der Waals surface area contributed by atoms with E-state index in [2.05, 4.69) is 31.2 Å². The summed E-state index contributed by atoms with van der Waals surface area (Å²) in [6, 6.07) is 15.7. The third-order valence-electron chi connectivity index (χ3n) is 2.15. The lowest BCUT2D eigenvalue weighted by atomic mass is 10.2. The fourth-order valence-corrected chi connectivity index (χ4v) is 2.57. The van der Waals surface area contributed by atoms with E-state index in [9.17, 15) is 0 Å². The average molecular weight is 201 g/mol. The van der Waals surface area contributed by atoms with Crippen LogP contribution < -0.4 is 0 Å². The van der Waals surface area contributed by atoms with E-state index in [-0.39, 0.29) is 0 Å². The Hall–Kier alpha value is -1.08. The molecule has 0 fully saturated rings. The fourth-order valence-electron chi connectivity index (χ4n) is 1.46. The van der Waals surface area contributed by atoms with Gasteiger partial charge in [-0.05, 0) is 36.2 Å². The molecule has 0 unspecified atom stereocenters.